The monoisotopic (exact) mass is 213 g/mol. The fourth-order valence-electron chi connectivity index (χ4n) is 0.625. The van der Waals surface area contributed by atoms with Gasteiger partial charge in [-0.05, 0) is 0 Å². The summed E-state index contributed by atoms with van der Waals surface area (Å²) >= 11 is 0. The molecule has 9 heteroatoms. The van der Waals surface area contributed by atoms with Crippen LogP contribution in [0.5, 0.6) is 0 Å². The number of nitrogen functional groups attached to an aromatic ring is 2. The van der Waals surface area contributed by atoms with Crippen molar-refractivity contribution >= 4 is 23.9 Å². The number of methoxy groups -OCH3 is 1. The van der Waals surface area contributed by atoms with Gasteiger partial charge in [-0.2, -0.15) is 15.0 Å². The predicted octanol–water partition coefficient (Wildman–Crippen LogP) is -1.05. The zero-order chi connectivity index (χ0) is 11.7. The Morgan fingerprint density at radius 3 is 2.27 bits per heavy atom. The van der Waals surface area contributed by atoms with Crippen LogP contribution < -0.4 is 16.8 Å². The number of isocyanates is 1. The first-order valence-corrected chi connectivity index (χ1v) is 3.67. The predicted molar refractivity (Wildman–Crippen MR) is 52.6 cm³/mol. The zero-order valence-corrected chi connectivity index (χ0v) is 8.02. The molecular weight excluding hydrogens is 202 g/mol. The summed E-state index contributed by atoms with van der Waals surface area (Å²) in [5.41, 5.74) is 10.6. The van der Waals surface area contributed by atoms with Crippen molar-refractivity contribution in [3.8, 4) is 0 Å². The van der Waals surface area contributed by atoms with Crippen LogP contribution in [0.4, 0.5) is 17.8 Å². The van der Waals surface area contributed by atoms with Crippen LogP contribution in [0.3, 0.4) is 0 Å². The molecule has 0 unspecified atom stereocenters. The van der Waals surface area contributed by atoms with Crippen LogP contribution in [0, 0.1) is 5.41 Å². The highest BCUT2D eigenvalue weighted by Gasteiger charge is 1.98. The van der Waals surface area contributed by atoms with Crippen molar-refractivity contribution in [3.05, 3.63) is 0 Å². The van der Waals surface area contributed by atoms with Crippen molar-refractivity contribution in [2.75, 3.05) is 30.6 Å². The number of carbonyl (C=O) groups excluding carboxylic acids is 1. The maximum atomic E-state index is 8.35. The lowest BCUT2D eigenvalue weighted by Gasteiger charge is -2.03. The smallest absolute Gasteiger partial charge is 0.231 e. The Labute approximate surface area is 85.4 Å². The van der Waals surface area contributed by atoms with E-state index in [1.807, 2.05) is 0 Å². The Hall–Kier alpha value is -2.25. The van der Waals surface area contributed by atoms with E-state index in [-0.39, 0.29) is 11.9 Å². The number of hydrogen-bond donors (Lipinski definition) is 4. The van der Waals surface area contributed by atoms with E-state index in [1.165, 1.54) is 0 Å². The number of nitrogens with two attached hydrogens (primary N) is 2. The molecule has 0 aromatic carbocycles. The van der Waals surface area contributed by atoms with Gasteiger partial charge < -0.3 is 21.5 Å². The van der Waals surface area contributed by atoms with Gasteiger partial charge in [-0.1, -0.05) is 0 Å². The lowest BCUT2D eigenvalue weighted by Crippen LogP contribution is -2.10. The first kappa shape index (κ1) is 12.8. The zero-order valence-electron chi connectivity index (χ0n) is 8.02. The molecule has 0 bridgehead atoms. The van der Waals surface area contributed by atoms with E-state index >= 15 is 0 Å². The second-order valence-corrected chi connectivity index (χ2v) is 2.09. The molecule has 0 aliphatic heterocycles. The van der Waals surface area contributed by atoms with Gasteiger partial charge in [-0.25, -0.2) is 10.2 Å². The third-order valence-corrected chi connectivity index (χ3v) is 1.04. The van der Waals surface area contributed by atoms with Crippen LogP contribution in [0.2, 0.25) is 0 Å². The molecule has 15 heavy (non-hydrogen) atoms. The average Bonchev–Trinajstić information content (AvgIpc) is 2.14. The summed E-state index contributed by atoms with van der Waals surface area (Å²) in [7, 11) is 1.54. The van der Waals surface area contributed by atoms with Crippen LogP contribution in [0.25, 0.3) is 0 Å². The molecule has 0 aliphatic rings. The number of aromatic nitrogens is 3. The van der Waals surface area contributed by atoms with Gasteiger partial charge in [0, 0.05) is 7.11 Å². The number of nitrogens with one attached hydrogen (secondary N) is 2. The summed E-state index contributed by atoms with van der Waals surface area (Å²) < 4.78 is 4.73. The fourth-order valence-corrected chi connectivity index (χ4v) is 0.625. The summed E-state index contributed by atoms with van der Waals surface area (Å²) in [4.78, 5) is 19.5. The minimum Gasteiger partial charge on any atom is -0.368 e. The van der Waals surface area contributed by atoms with Crippen LogP contribution in [-0.4, -0.2) is 34.9 Å². The van der Waals surface area contributed by atoms with Gasteiger partial charge in [0.15, 0.2) is 0 Å². The normalized spacial score (nSPS) is 8.33. The van der Waals surface area contributed by atoms with Crippen molar-refractivity contribution in [1.82, 2.24) is 15.0 Å². The van der Waals surface area contributed by atoms with Crippen molar-refractivity contribution in [3.63, 3.8) is 0 Å². The molecule has 0 saturated heterocycles. The molecule has 0 fully saturated rings. The maximum absolute atomic E-state index is 8.35. The van der Waals surface area contributed by atoms with Gasteiger partial charge >= 0.3 is 0 Å². The summed E-state index contributed by atoms with van der Waals surface area (Å²) in [6.07, 6.45) is 0.750. The molecule has 1 aromatic heterocycles. The molecular formula is C6H11N7O2. The summed E-state index contributed by atoms with van der Waals surface area (Å²) in [6, 6.07) is 0. The summed E-state index contributed by atoms with van der Waals surface area (Å²) in [5, 5.41) is 8.13. The van der Waals surface area contributed by atoms with E-state index in [9.17, 15) is 0 Å². The second kappa shape index (κ2) is 7.18. The Kier molecular flexibility index (Phi) is 6.10. The van der Waals surface area contributed by atoms with E-state index in [0.717, 1.165) is 6.08 Å². The van der Waals surface area contributed by atoms with E-state index in [2.05, 4.69) is 20.3 Å². The highest BCUT2D eigenvalue weighted by Crippen LogP contribution is 2.02. The molecule has 0 aliphatic carbocycles. The molecule has 1 aromatic rings. The molecule has 82 valence electrons. The van der Waals surface area contributed by atoms with Crippen molar-refractivity contribution in [2.45, 2.75) is 0 Å². The summed E-state index contributed by atoms with van der Waals surface area (Å²) in [6.45, 7) is 0.295. The molecule has 0 amide bonds. The minimum atomic E-state index is 0.0844. The average molecular weight is 213 g/mol. The Morgan fingerprint density at radius 1 is 1.40 bits per heavy atom. The van der Waals surface area contributed by atoms with Crippen LogP contribution in [0.1, 0.15) is 0 Å². The molecule has 0 saturated carbocycles. The summed E-state index contributed by atoms with van der Waals surface area (Å²) in [5.74, 6) is 0.476. The SMILES string of the molecule is COCNc1nc(N)nc(N)n1.N=C=O. The fraction of sp³-hybridized carbons (Fsp3) is 0.333. The van der Waals surface area contributed by atoms with E-state index in [0.29, 0.717) is 12.7 Å². The van der Waals surface area contributed by atoms with Gasteiger partial charge in [0.2, 0.25) is 23.9 Å². The third-order valence-electron chi connectivity index (χ3n) is 1.04. The number of ether oxygens (including phenoxy) is 1. The number of nitrogens with zero attached hydrogens (tertiary/aromatic N) is 3. The molecule has 9 nitrogen and oxygen atoms in total. The topological polar surface area (TPSA) is 153 Å². The van der Waals surface area contributed by atoms with Crippen LogP contribution in [-0.2, 0) is 9.53 Å². The highest BCUT2D eigenvalue weighted by molar-refractivity contribution is 5.36. The van der Waals surface area contributed by atoms with Gasteiger partial charge in [0.05, 0.1) is 0 Å². The number of anilines is 3. The Balaban J connectivity index is 0.000000583. The van der Waals surface area contributed by atoms with E-state index < -0.39 is 0 Å². The van der Waals surface area contributed by atoms with Gasteiger partial charge in [0.25, 0.3) is 0 Å². The Bertz CT molecular complexity index is 316. The number of rotatable bonds is 3. The van der Waals surface area contributed by atoms with Crippen LogP contribution in [0.15, 0.2) is 0 Å². The van der Waals surface area contributed by atoms with Gasteiger partial charge in [-0.3, -0.25) is 0 Å². The quantitative estimate of drug-likeness (QED) is 0.282. The largest absolute Gasteiger partial charge is 0.368 e. The van der Waals surface area contributed by atoms with Gasteiger partial charge in [0.1, 0.15) is 6.73 Å². The van der Waals surface area contributed by atoms with Crippen LogP contribution >= 0.6 is 0 Å². The standard InChI is InChI=1S/C5H10N6O.CHNO/c1-12-2-8-5-10-3(6)9-4(7)11-5;2-1-3/h2H2,1H3,(H5,6,7,8,9,10,11);2H. The lowest BCUT2D eigenvalue weighted by molar-refractivity contribution is 0.220. The molecule has 1 rings (SSSR count). The molecule has 0 atom stereocenters. The molecule has 0 spiro atoms. The molecule has 1 heterocycles. The van der Waals surface area contributed by atoms with Crippen molar-refractivity contribution < 1.29 is 9.53 Å². The van der Waals surface area contributed by atoms with E-state index in [4.69, 9.17) is 26.4 Å². The minimum absolute atomic E-state index is 0.0844. The van der Waals surface area contributed by atoms with Gasteiger partial charge in [-0.15, -0.1) is 0 Å². The van der Waals surface area contributed by atoms with E-state index in [1.54, 1.807) is 7.11 Å². The van der Waals surface area contributed by atoms with Crippen molar-refractivity contribution in [2.24, 2.45) is 0 Å². The molecule has 6 N–H and O–H groups in total. The molecule has 0 radical (unpaired) electrons. The second-order valence-electron chi connectivity index (χ2n) is 2.09. The van der Waals surface area contributed by atoms with Crippen molar-refractivity contribution in [1.29, 1.82) is 5.41 Å². The number of hydrogen-bond acceptors (Lipinski definition) is 9. The first-order chi connectivity index (χ1) is 7.13. The first-order valence-electron chi connectivity index (χ1n) is 3.67. The highest BCUT2D eigenvalue weighted by atomic mass is 16.5. The third kappa shape index (κ3) is 5.91. The lowest BCUT2D eigenvalue weighted by atomic mass is 10.8. The Morgan fingerprint density at radius 2 is 1.87 bits per heavy atom. The maximum Gasteiger partial charge on any atom is 0.231 e.